The van der Waals surface area contributed by atoms with Crippen molar-refractivity contribution in [1.82, 2.24) is 29.9 Å². The predicted molar refractivity (Wildman–Crippen MR) is 88.6 cm³/mol. The van der Waals surface area contributed by atoms with Gasteiger partial charge in [-0.3, -0.25) is 4.90 Å². The van der Waals surface area contributed by atoms with Crippen molar-refractivity contribution in [2.75, 3.05) is 13.2 Å². The number of aromatic nitrogens is 5. The topological polar surface area (TPSA) is 69.0 Å². The maximum absolute atomic E-state index is 5.42. The first-order valence-electron chi connectivity index (χ1n) is 8.23. The summed E-state index contributed by atoms with van der Waals surface area (Å²) < 4.78 is 7.45. The summed E-state index contributed by atoms with van der Waals surface area (Å²) in [5.41, 5.74) is 0. The smallest absolute Gasteiger partial charge is 0.294 e. The zero-order valence-corrected chi connectivity index (χ0v) is 14.8. The van der Waals surface area contributed by atoms with Gasteiger partial charge < -0.3 is 4.74 Å². The fourth-order valence-corrected chi connectivity index (χ4v) is 3.84. The average molecular weight is 336 g/mol. The average Bonchev–Trinajstić information content (AvgIpc) is 3.08. The van der Waals surface area contributed by atoms with Crippen molar-refractivity contribution in [2.24, 2.45) is 0 Å². The Bertz CT molecular complexity index is 640. The largest absolute Gasteiger partial charge is 0.469 e. The van der Waals surface area contributed by atoms with E-state index in [2.05, 4.69) is 25.2 Å². The summed E-state index contributed by atoms with van der Waals surface area (Å²) in [5.74, 6) is 1.83. The van der Waals surface area contributed by atoms with Crippen LogP contribution in [0, 0.1) is 13.8 Å². The van der Waals surface area contributed by atoms with Crippen molar-refractivity contribution >= 4 is 11.3 Å². The van der Waals surface area contributed by atoms with Crippen LogP contribution in [0.25, 0.3) is 0 Å². The minimum atomic E-state index is 0.475. The highest BCUT2D eigenvalue weighted by Crippen LogP contribution is 2.24. The van der Waals surface area contributed by atoms with Gasteiger partial charge in [-0.05, 0) is 40.2 Å². The number of hydrogen-bond acceptors (Lipinski definition) is 7. The van der Waals surface area contributed by atoms with Gasteiger partial charge in [0.25, 0.3) is 5.19 Å². The van der Waals surface area contributed by atoms with E-state index in [1.165, 1.54) is 19.3 Å². The van der Waals surface area contributed by atoms with Gasteiger partial charge >= 0.3 is 0 Å². The van der Waals surface area contributed by atoms with Crippen LogP contribution in [0.1, 0.15) is 42.8 Å². The van der Waals surface area contributed by atoms with Gasteiger partial charge in [0.2, 0.25) is 0 Å². The molecule has 2 aromatic rings. The predicted octanol–water partition coefficient (Wildman–Crippen LogP) is 2.20. The highest BCUT2D eigenvalue weighted by Gasteiger charge is 2.25. The van der Waals surface area contributed by atoms with Crippen LogP contribution in [0.2, 0.25) is 0 Å². The third kappa shape index (κ3) is 4.06. The summed E-state index contributed by atoms with van der Waals surface area (Å²) in [6.45, 7) is 9.38. The molecule has 0 N–H and O–H groups in total. The molecule has 126 valence electrons. The lowest BCUT2D eigenvalue weighted by Crippen LogP contribution is -2.41. The lowest BCUT2D eigenvalue weighted by Gasteiger charge is -2.35. The summed E-state index contributed by atoms with van der Waals surface area (Å²) in [7, 11) is 0. The molecule has 2 aromatic heterocycles. The molecule has 3 rings (SSSR count). The molecule has 0 saturated carbocycles. The van der Waals surface area contributed by atoms with Gasteiger partial charge in [-0.1, -0.05) is 17.8 Å². The molecule has 8 heteroatoms. The molecule has 0 aliphatic carbocycles. The number of aryl methyl sites for hydroxylation is 2. The number of piperidine rings is 1. The summed E-state index contributed by atoms with van der Waals surface area (Å²) in [4.78, 5) is 6.90. The minimum Gasteiger partial charge on any atom is -0.469 e. The van der Waals surface area contributed by atoms with E-state index >= 15 is 0 Å². The molecular weight excluding hydrogens is 312 g/mol. The zero-order chi connectivity index (χ0) is 16.2. The second-order valence-electron chi connectivity index (χ2n) is 5.90. The third-order valence-corrected chi connectivity index (χ3v) is 4.97. The van der Waals surface area contributed by atoms with Crippen molar-refractivity contribution in [2.45, 2.75) is 59.2 Å². The number of hydrogen-bond donors (Lipinski definition) is 0. The van der Waals surface area contributed by atoms with Crippen LogP contribution < -0.4 is 4.74 Å². The van der Waals surface area contributed by atoms with Crippen LogP contribution in [0.5, 0.6) is 5.19 Å². The molecule has 1 fully saturated rings. The van der Waals surface area contributed by atoms with Gasteiger partial charge in [0.1, 0.15) is 16.7 Å². The Labute approximate surface area is 140 Å². The molecule has 0 aromatic carbocycles. The van der Waals surface area contributed by atoms with E-state index in [-0.39, 0.29) is 0 Å². The normalized spacial score (nSPS) is 19.2. The van der Waals surface area contributed by atoms with Gasteiger partial charge in [-0.25, -0.2) is 9.67 Å². The van der Waals surface area contributed by atoms with Crippen LogP contribution in [0.15, 0.2) is 0 Å². The Balaban J connectivity index is 1.67. The van der Waals surface area contributed by atoms with E-state index in [9.17, 15) is 0 Å². The van der Waals surface area contributed by atoms with E-state index in [0.29, 0.717) is 17.8 Å². The molecule has 0 radical (unpaired) electrons. The molecule has 7 nitrogen and oxygen atoms in total. The molecule has 1 saturated heterocycles. The first-order chi connectivity index (χ1) is 11.2. The Morgan fingerprint density at radius 3 is 2.87 bits per heavy atom. The molecule has 1 aliphatic rings. The molecule has 3 heterocycles. The van der Waals surface area contributed by atoms with Gasteiger partial charge in [0.15, 0.2) is 0 Å². The molecule has 0 unspecified atom stereocenters. The van der Waals surface area contributed by atoms with Gasteiger partial charge in [0, 0.05) is 6.04 Å². The van der Waals surface area contributed by atoms with Crippen molar-refractivity contribution in [3.8, 4) is 5.19 Å². The Kier molecular flexibility index (Phi) is 5.22. The highest BCUT2D eigenvalue weighted by molar-refractivity contribution is 7.13. The van der Waals surface area contributed by atoms with E-state index in [1.54, 1.807) is 11.3 Å². The van der Waals surface area contributed by atoms with Crippen LogP contribution in [0.4, 0.5) is 0 Å². The van der Waals surface area contributed by atoms with Crippen molar-refractivity contribution in [1.29, 1.82) is 0 Å². The molecule has 0 amide bonds. The molecule has 23 heavy (non-hydrogen) atoms. The quantitative estimate of drug-likeness (QED) is 0.805. The van der Waals surface area contributed by atoms with Gasteiger partial charge in [0.05, 0.1) is 19.7 Å². The van der Waals surface area contributed by atoms with Crippen LogP contribution in [-0.2, 0) is 13.1 Å². The minimum absolute atomic E-state index is 0.475. The summed E-state index contributed by atoms with van der Waals surface area (Å²) in [5, 5.41) is 14.5. The number of ether oxygens (including phenoxy) is 1. The molecular formula is C15H24N6OS. The maximum Gasteiger partial charge on any atom is 0.294 e. The summed E-state index contributed by atoms with van der Waals surface area (Å²) in [6.07, 6.45) is 3.70. The van der Waals surface area contributed by atoms with Crippen LogP contribution in [-0.4, -0.2) is 49.1 Å². The summed E-state index contributed by atoms with van der Waals surface area (Å²) >= 11 is 1.55. The van der Waals surface area contributed by atoms with E-state index in [1.807, 2.05) is 25.5 Å². The van der Waals surface area contributed by atoms with Crippen molar-refractivity contribution in [3.63, 3.8) is 0 Å². The number of nitrogens with zero attached hydrogens (tertiary/aromatic N) is 6. The molecule has 1 atom stereocenters. The number of rotatable bonds is 6. The van der Waals surface area contributed by atoms with Crippen molar-refractivity contribution in [3.05, 3.63) is 16.7 Å². The molecule has 0 spiro atoms. The molecule has 1 aliphatic heterocycles. The Hall–Kier alpha value is -1.54. The SMILES string of the molecule is CCOc1nnc(CN2CCCC[C@H]2Cn2nc(C)nc2C)s1. The lowest BCUT2D eigenvalue weighted by atomic mass is 10.0. The highest BCUT2D eigenvalue weighted by atomic mass is 32.1. The van der Waals surface area contributed by atoms with E-state index in [4.69, 9.17) is 4.74 Å². The second-order valence-corrected chi connectivity index (χ2v) is 6.93. The zero-order valence-electron chi connectivity index (χ0n) is 14.0. The Morgan fingerprint density at radius 1 is 1.26 bits per heavy atom. The molecule has 0 bridgehead atoms. The Morgan fingerprint density at radius 2 is 2.13 bits per heavy atom. The summed E-state index contributed by atoms with van der Waals surface area (Å²) in [6, 6.07) is 0.475. The standard InChI is InChI=1S/C15H24N6OS/c1-4-22-15-18-17-14(23-15)10-20-8-6-5-7-13(20)9-21-12(3)16-11(2)19-21/h13H,4-10H2,1-3H3/t13-/m0/s1. The third-order valence-electron chi connectivity index (χ3n) is 4.15. The lowest BCUT2D eigenvalue weighted by molar-refractivity contribution is 0.121. The van der Waals surface area contributed by atoms with Gasteiger partial charge in [-0.15, -0.1) is 10.2 Å². The van der Waals surface area contributed by atoms with Crippen LogP contribution >= 0.6 is 11.3 Å². The van der Waals surface area contributed by atoms with Crippen LogP contribution in [0.3, 0.4) is 0 Å². The number of likely N-dealkylation sites (tertiary alicyclic amines) is 1. The maximum atomic E-state index is 5.42. The second kappa shape index (κ2) is 7.35. The van der Waals surface area contributed by atoms with Crippen molar-refractivity contribution < 1.29 is 4.74 Å². The monoisotopic (exact) mass is 336 g/mol. The first-order valence-corrected chi connectivity index (χ1v) is 9.04. The van der Waals surface area contributed by atoms with E-state index < -0.39 is 0 Å². The van der Waals surface area contributed by atoms with E-state index in [0.717, 1.165) is 36.3 Å². The fraction of sp³-hybridized carbons (Fsp3) is 0.733. The first kappa shape index (κ1) is 16.3. The van der Waals surface area contributed by atoms with Gasteiger partial charge in [-0.2, -0.15) is 5.10 Å². The fourth-order valence-electron chi connectivity index (χ4n) is 3.07.